The third-order valence-corrected chi connectivity index (χ3v) is 5.57. The number of carbonyl (C=O) groups is 1. The number of hydrogen-bond donors (Lipinski definition) is 1. The molecule has 0 radical (unpaired) electrons. The number of nitrogens with one attached hydrogen (secondary N) is 1. The lowest BCUT2D eigenvalue weighted by Crippen LogP contribution is -2.29. The van der Waals surface area contributed by atoms with E-state index in [-0.39, 0.29) is 17.8 Å². The number of benzene rings is 1. The molecule has 1 aliphatic carbocycles. The number of allylic oxidation sites excluding steroid dienone is 2. The van der Waals surface area contributed by atoms with Gasteiger partial charge in [-0.1, -0.05) is 25.5 Å². The van der Waals surface area contributed by atoms with Crippen LogP contribution in [0.1, 0.15) is 56.1 Å². The van der Waals surface area contributed by atoms with E-state index >= 15 is 0 Å². The van der Waals surface area contributed by atoms with Crippen molar-refractivity contribution in [1.82, 2.24) is 24.6 Å². The van der Waals surface area contributed by atoms with Crippen LogP contribution >= 0.6 is 0 Å². The van der Waals surface area contributed by atoms with E-state index in [0.29, 0.717) is 12.0 Å². The van der Waals surface area contributed by atoms with Crippen LogP contribution in [0.25, 0.3) is 17.3 Å². The highest BCUT2D eigenvalue weighted by atomic mass is 19.1. The molecule has 0 saturated heterocycles. The number of aryl methyl sites for hydroxylation is 1. The Bertz CT molecular complexity index is 1150. The van der Waals surface area contributed by atoms with Crippen LogP contribution in [0, 0.1) is 5.82 Å². The summed E-state index contributed by atoms with van der Waals surface area (Å²) in [5.41, 5.74) is 4.97. The van der Waals surface area contributed by atoms with Crippen LogP contribution in [-0.4, -0.2) is 25.2 Å². The molecule has 0 aliphatic heterocycles. The first-order valence-corrected chi connectivity index (χ1v) is 10.5. The summed E-state index contributed by atoms with van der Waals surface area (Å²) in [6.45, 7) is 4.12. The van der Waals surface area contributed by atoms with Crippen molar-refractivity contribution in [2.24, 2.45) is 7.05 Å². The van der Waals surface area contributed by atoms with Crippen molar-refractivity contribution >= 4 is 17.6 Å². The summed E-state index contributed by atoms with van der Waals surface area (Å²) in [6, 6.07) is 6.02. The number of aromatic nitrogens is 4. The number of rotatable bonds is 6. The Labute approximate surface area is 181 Å². The fourth-order valence-electron chi connectivity index (χ4n) is 3.78. The standard InChI is InChI=1S/C24H26FN5O/c1-4-16-6-11-19(24(31)28-21(5-2)22-14-29(3)15-26-22)20-13-27-30(23(20)12-16)18-9-7-17(25)8-10-18/h7-15,21H,4-6H2,1-3H3,(H,28,31). The highest BCUT2D eigenvalue weighted by Gasteiger charge is 2.24. The molecular formula is C24H26FN5O. The molecule has 1 N–H and O–H groups in total. The van der Waals surface area contributed by atoms with E-state index in [1.165, 1.54) is 17.7 Å². The predicted octanol–water partition coefficient (Wildman–Crippen LogP) is 4.59. The van der Waals surface area contributed by atoms with Gasteiger partial charge in [-0.15, -0.1) is 0 Å². The Kier molecular flexibility index (Phi) is 5.84. The van der Waals surface area contributed by atoms with Gasteiger partial charge in [-0.25, -0.2) is 14.1 Å². The molecule has 1 atom stereocenters. The molecule has 0 fully saturated rings. The number of imidazole rings is 1. The second-order valence-electron chi connectivity index (χ2n) is 7.71. The average molecular weight is 420 g/mol. The fraction of sp³-hybridized carbons (Fsp3) is 0.292. The van der Waals surface area contributed by atoms with Crippen molar-refractivity contribution in [2.45, 2.75) is 39.2 Å². The summed E-state index contributed by atoms with van der Waals surface area (Å²) in [4.78, 5) is 17.7. The molecule has 31 heavy (non-hydrogen) atoms. The molecule has 0 saturated carbocycles. The van der Waals surface area contributed by atoms with Crippen LogP contribution in [0.15, 0.2) is 54.6 Å². The molecule has 0 spiro atoms. The van der Waals surface area contributed by atoms with Crippen molar-refractivity contribution in [3.05, 3.63) is 77.4 Å². The normalized spacial score (nSPS) is 14.3. The number of halogens is 1. The van der Waals surface area contributed by atoms with Gasteiger partial charge in [0, 0.05) is 24.4 Å². The van der Waals surface area contributed by atoms with E-state index in [1.54, 1.807) is 29.3 Å². The second-order valence-corrected chi connectivity index (χ2v) is 7.71. The third kappa shape index (κ3) is 4.21. The van der Waals surface area contributed by atoms with Crippen molar-refractivity contribution in [2.75, 3.05) is 0 Å². The highest BCUT2D eigenvalue weighted by Crippen LogP contribution is 2.31. The largest absolute Gasteiger partial charge is 0.344 e. The number of amides is 1. The average Bonchev–Trinajstić information content (AvgIpc) is 3.33. The van der Waals surface area contributed by atoms with Gasteiger partial charge in [-0.3, -0.25) is 4.79 Å². The lowest BCUT2D eigenvalue weighted by atomic mass is 10.0. The van der Waals surface area contributed by atoms with E-state index in [2.05, 4.69) is 28.4 Å². The Morgan fingerprint density at radius 2 is 2.03 bits per heavy atom. The minimum Gasteiger partial charge on any atom is -0.344 e. The highest BCUT2D eigenvalue weighted by molar-refractivity contribution is 6.20. The smallest absolute Gasteiger partial charge is 0.252 e. The molecule has 7 heteroatoms. The Morgan fingerprint density at radius 3 is 2.68 bits per heavy atom. The van der Waals surface area contributed by atoms with Gasteiger partial charge in [0.2, 0.25) is 0 Å². The summed E-state index contributed by atoms with van der Waals surface area (Å²) in [5.74, 6) is -0.449. The topological polar surface area (TPSA) is 64.7 Å². The number of carbonyl (C=O) groups excluding carboxylic acids is 1. The molecule has 4 rings (SSSR count). The van der Waals surface area contributed by atoms with Crippen LogP contribution in [-0.2, 0) is 11.8 Å². The molecule has 1 unspecified atom stereocenters. The van der Waals surface area contributed by atoms with Crippen LogP contribution in [0.5, 0.6) is 0 Å². The fourth-order valence-corrected chi connectivity index (χ4v) is 3.78. The summed E-state index contributed by atoms with van der Waals surface area (Å²) >= 11 is 0. The van der Waals surface area contributed by atoms with E-state index in [4.69, 9.17) is 0 Å². The predicted molar refractivity (Wildman–Crippen MR) is 119 cm³/mol. The number of hydrogen-bond acceptors (Lipinski definition) is 3. The van der Waals surface area contributed by atoms with Gasteiger partial charge in [-0.05, 0) is 49.6 Å². The van der Waals surface area contributed by atoms with E-state index in [1.807, 2.05) is 30.8 Å². The number of nitrogens with zero attached hydrogens (tertiary/aromatic N) is 4. The quantitative estimate of drug-likeness (QED) is 0.635. The van der Waals surface area contributed by atoms with Crippen molar-refractivity contribution < 1.29 is 9.18 Å². The number of fused-ring (bicyclic) bond motifs is 1. The lowest BCUT2D eigenvalue weighted by molar-refractivity contribution is -0.116. The maximum atomic E-state index is 13.4. The van der Waals surface area contributed by atoms with Gasteiger partial charge in [0.25, 0.3) is 5.91 Å². The van der Waals surface area contributed by atoms with Crippen LogP contribution in [0.4, 0.5) is 4.39 Å². The first-order chi connectivity index (χ1) is 15.0. The summed E-state index contributed by atoms with van der Waals surface area (Å²) in [6.07, 6.45) is 11.7. The SMILES string of the molecule is CCC1=Cc2c(cnn2-c2ccc(F)cc2)C(C(=O)NC(CC)c2cn(C)cn2)=CC1. The van der Waals surface area contributed by atoms with Crippen molar-refractivity contribution in [3.63, 3.8) is 0 Å². The second kappa shape index (κ2) is 8.71. The van der Waals surface area contributed by atoms with E-state index in [0.717, 1.165) is 35.5 Å². The maximum absolute atomic E-state index is 13.4. The molecule has 2 heterocycles. The molecule has 1 aromatic carbocycles. The third-order valence-electron chi connectivity index (χ3n) is 5.57. The van der Waals surface area contributed by atoms with Crippen LogP contribution < -0.4 is 5.32 Å². The molecule has 0 bridgehead atoms. The zero-order chi connectivity index (χ0) is 22.0. The molecule has 6 nitrogen and oxygen atoms in total. The Morgan fingerprint density at radius 1 is 1.26 bits per heavy atom. The van der Waals surface area contributed by atoms with Crippen LogP contribution in [0.3, 0.4) is 0 Å². The molecule has 3 aromatic rings. The Balaban J connectivity index is 1.70. The summed E-state index contributed by atoms with van der Waals surface area (Å²) in [7, 11) is 1.91. The van der Waals surface area contributed by atoms with Gasteiger partial charge in [0.05, 0.1) is 35.6 Å². The monoisotopic (exact) mass is 419 g/mol. The van der Waals surface area contributed by atoms with Gasteiger partial charge < -0.3 is 9.88 Å². The molecular weight excluding hydrogens is 393 g/mol. The zero-order valence-electron chi connectivity index (χ0n) is 18.0. The van der Waals surface area contributed by atoms with Crippen molar-refractivity contribution in [1.29, 1.82) is 0 Å². The molecule has 1 aliphatic rings. The molecule has 160 valence electrons. The first kappa shape index (κ1) is 20.8. The van der Waals surface area contributed by atoms with E-state index < -0.39 is 0 Å². The summed E-state index contributed by atoms with van der Waals surface area (Å²) < 4.78 is 17.0. The minimum atomic E-state index is -0.299. The summed E-state index contributed by atoms with van der Waals surface area (Å²) in [5, 5.41) is 7.65. The zero-order valence-corrected chi connectivity index (χ0v) is 18.0. The van der Waals surface area contributed by atoms with Crippen LogP contribution in [0.2, 0.25) is 0 Å². The van der Waals surface area contributed by atoms with Gasteiger partial charge >= 0.3 is 0 Å². The van der Waals surface area contributed by atoms with E-state index in [9.17, 15) is 9.18 Å². The van der Waals surface area contributed by atoms with Gasteiger partial charge in [-0.2, -0.15) is 5.10 Å². The molecule has 2 aromatic heterocycles. The molecule has 1 amide bonds. The van der Waals surface area contributed by atoms with Crippen molar-refractivity contribution in [3.8, 4) is 5.69 Å². The van der Waals surface area contributed by atoms with Gasteiger partial charge in [0.15, 0.2) is 0 Å². The minimum absolute atomic E-state index is 0.150. The Hall–Kier alpha value is -3.48. The lowest BCUT2D eigenvalue weighted by Gasteiger charge is -2.16. The first-order valence-electron chi connectivity index (χ1n) is 10.5. The maximum Gasteiger partial charge on any atom is 0.252 e. The van der Waals surface area contributed by atoms with Gasteiger partial charge in [0.1, 0.15) is 5.82 Å².